The Morgan fingerprint density at radius 1 is 0.970 bits per heavy atom. The number of benzene rings is 2. The van der Waals surface area contributed by atoms with Crippen LogP contribution < -0.4 is 14.2 Å². The number of hydrogen-bond donors (Lipinski definition) is 1. The van der Waals surface area contributed by atoms with E-state index in [0.29, 0.717) is 17.2 Å². The molecular formula is C25H23NO6S. The van der Waals surface area contributed by atoms with Gasteiger partial charge in [-0.1, -0.05) is 24.3 Å². The lowest BCUT2D eigenvalue weighted by molar-refractivity contribution is -0.140. The third kappa shape index (κ3) is 4.05. The van der Waals surface area contributed by atoms with Crippen LogP contribution in [0.3, 0.4) is 0 Å². The van der Waals surface area contributed by atoms with Crippen molar-refractivity contribution in [1.29, 1.82) is 0 Å². The minimum atomic E-state index is -0.762. The Morgan fingerprint density at radius 2 is 1.67 bits per heavy atom. The van der Waals surface area contributed by atoms with Crippen LogP contribution in [0.2, 0.25) is 0 Å². The van der Waals surface area contributed by atoms with Crippen molar-refractivity contribution < 1.29 is 28.9 Å². The lowest BCUT2D eigenvalue weighted by Crippen LogP contribution is -2.28. The van der Waals surface area contributed by atoms with Crippen LogP contribution in [0.25, 0.3) is 5.76 Å². The van der Waals surface area contributed by atoms with Gasteiger partial charge < -0.3 is 24.2 Å². The van der Waals surface area contributed by atoms with Gasteiger partial charge in [-0.15, -0.1) is 11.3 Å². The summed E-state index contributed by atoms with van der Waals surface area (Å²) in [7, 11) is 4.49. The van der Waals surface area contributed by atoms with Gasteiger partial charge in [0, 0.05) is 11.4 Å². The molecule has 1 aliphatic heterocycles. The second-order valence-corrected chi connectivity index (χ2v) is 8.31. The molecule has 3 aromatic rings. The monoisotopic (exact) mass is 465 g/mol. The number of ether oxygens (including phenoxy) is 3. The Kier molecular flexibility index (Phi) is 6.37. The van der Waals surface area contributed by atoms with Gasteiger partial charge in [0.15, 0.2) is 0 Å². The van der Waals surface area contributed by atoms with E-state index in [1.165, 1.54) is 30.5 Å². The van der Waals surface area contributed by atoms with Gasteiger partial charge in [0.1, 0.15) is 28.6 Å². The second-order valence-electron chi connectivity index (χ2n) is 7.33. The van der Waals surface area contributed by atoms with Crippen molar-refractivity contribution >= 4 is 28.8 Å². The maximum Gasteiger partial charge on any atom is 0.295 e. The van der Waals surface area contributed by atoms with Crippen molar-refractivity contribution in [1.82, 2.24) is 4.90 Å². The summed E-state index contributed by atoms with van der Waals surface area (Å²) in [6.07, 6.45) is 0. The molecule has 2 heterocycles. The first kappa shape index (κ1) is 22.4. The molecule has 1 fully saturated rings. The van der Waals surface area contributed by atoms with Gasteiger partial charge in [-0.25, -0.2) is 0 Å². The van der Waals surface area contributed by atoms with Gasteiger partial charge in [-0.05, 0) is 41.3 Å². The smallest absolute Gasteiger partial charge is 0.295 e. The van der Waals surface area contributed by atoms with Crippen LogP contribution in [-0.2, 0) is 16.1 Å². The quantitative estimate of drug-likeness (QED) is 0.316. The summed E-state index contributed by atoms with van der Waals surface area (Å²) in [4.78, 5) is 28.6. The number of hydrogen-bond acceptors (Lipinski definition) is 7. The molecule has 4 rings (SSSR count). The summed E-state index contributed by atoms with van der Waals surface area (Å²) < 4.78 is 16.1. The first-order valence-corrected chi connectivity index (χ1v) is 11.0. The zero-order valence-electron chi connectivity index (χ0n) is 18.4. The minimum absolute atomic E-state index is 0.00635. The summed E-state index contributed by atoms with van der Waals surface area (Å²) in [5.74, 6) is -0.482. The fourth-order valence-corrected chi connectivity index (χ4v) is 4.82. The van der Waals surface area contributed by atoms with Crippen molar-refractivity contribution in [2.24, 2.45) is 0 Å². The molecule has 0 saturated carbocycles. The van der Waals surface area contributed by atoms with E-state index in [-0.39, 0.29) is 23.4 Å². The summed E-state index contributed by atoms with van der Waals surface area (Å²) in [6, 6.07) is 15.3. The fourth-order valence-electron chi connectivity index (χ4n) is 3.97. The fraction of sp³-hybridized carbons (Fsp3) is 0.200. The highest BCUT2D eigenvalue weighted by molar-refractivity contribution is 7.10. The van der Waals surface area contributed by atoms with Gasteiger partial charge in [0.25, 0.3) is 11.7 Å². The molecule has 1 atom stereocenters. The van der Waals surface area contributed by atoms with Gasteiger partial charge in [-0.2, -0.15) is 0 Å². The number of aliphatic hydroxyl groups excluding tert-OH is 1. The van der Waals surface area contributed by atoms with Crippen molar-refractivity contribution in [3.63, 3.8) is 0 Å². The second kappa shape index (κ2) is 9.38. The molecule has 2 aromatic carbocycles. The number of amides is 1. The summed E-state index contributed by atoms with van der Waals surface area (Å²) >= 11 is 1.40. The number of carbonyl (C=O) groups excluding carboxylic acids is 2. The average Bonchev–Trinajstić information content (AvgIpc) is 3.46. The number of Topliss-reactive ketones (excluding diaryl/α,β-unsaturated/α-hetero) is 1. The molecule has 7 nitrogen and oxygen atoms in total. The maximum absolute atomic E-state index is 13.2. The lowest BCUT2D eigenvalue weighted by atomic mass is 9.98. The summed E-state index contributed by atoms with van der Waals surface area (Å²) in [5, 5.41) is 13.2. The zero-order valence-corrected chi connectivity index (χ0v) is 19.2. The highest BCUT2D eigenvalue weighted by Gasteiger charge is 2.47. The van der Waals surface area contributed by atoms with Crippen molar-refractivity contribution in [2.75, 3.05) is 21.3 Å². The van der Waals surface area contributed by atoms with Crippen LogP contribution in [0.15, 0.2) is 65.6 Å². The molecule has 0 bridgehead atoms. The minimum Gasteiger partial charge on any atom is -0.506 e. The Morgan fingerprint density at radius 3 is 2.27 bits per heavy atom. The molecule has 0 spiro atoms. The summed E-state index contributed by atoms with van der Waals surface area (Å²) in [5.41, 5.74) is 1.02. The number of thiophene rings is 1. The molecule has 1 aliphatic rings. The molecule has 1 saturated heterocycles. The van der Waals surface area contributed by atoms with E-state index in [0.717, 1.165) is 10.4 Å². The Hall–Kier alpha value is -3.78. The third-order valence-corrected chi connectivity index (χ3v) is 6.43. The van der Waals surface area contributed by atoms with E-state index >= 15 is 0 Å². The zero-order chi connectivity index (χ0) is 23.5. The predicted octanol–water partition coefficient (Wildman–Crippen LogP) is 4.40. The number of methoxy groups -OCH3 is 3. The molecule has 8 heteroatoms. The van der Waals surface area contributed by atoms with E-state index < -0.39 is 17.7 Å². The molecular weight excluding hydrogens is 442 g/mol. The number of carbonyl (C=O) groups is 2. The number of aliphatic hydroxyl groups is 1. The summed E-state index contributed by atoms with van der Waals surface area (Å²) in [6.45, 7) is 0.171. The molecule has 1 unspecified atom stereocenters. The Labute approximate surface area is 195 Å². The maximum atomic E-state index is 13.2. The highest BCUT2D eigenvalue weighted by atomic mass is 32.1. The molecule has 1 amide bonds. The molecule has 170 valence electrons. The number of likely N-dealkylation sites (tertiary alicyclic amines) is 1. The van der Waals surface area contributed by atoms with Crippen molar-refractivity contribution in [3.05, 3.63) is 81.6 Å². The van der Waals surface area contributed by atoms with E-state index in [2.05, 4.69) is 0 Å². The van der Waals surface area contributed by atoms with E-state index in [9.17, 15) is 14.7 Å². The number of nitrogens with zero attached hydrogens (tertiary/aromatic N) is 1. The van der Waals surface area contributed by atoms with Gasteiger partial charge in [-0.3, -0.25) is 9.59 Å². The molecule has 0 aliphatic carbocycles. The molecule has 1 aromatic heterocycles. The standard InChI is InChI=1S/C25H23NO6S/c1-30-16-8-4-7-15(13-16)14-26-22(19-11-6-12-33-19)21(24(28)25(26)29)23(27)20-17(31-2)9-5-10-18(20)32-3/h4-13,22,27H,14H2,1-3H3/b23-21+. The Bertz CT molecular complexity index is 1200. The average molecular weight is 466 g/mol. The Balaban J connectivity index is 1.88. The van der Waals surface area contributed by atoms with Crippen LogP contribution in [0.1, 0.15) is 22.0 Å². The predicted molar refractivity (Wildman–Crippen MR) is 125 cm³/mol. The SMILES string of the molecule is COc1cccc(CN2C(=O)C(=O)/C(=C(/O)c3c(OC)cccc3OC)C2c2cccs2)c1. The number of ketones is 1. The molecule has 1 N–H and O–H groups in total. The van der Waals surface area contributed by atoms with Crippen LogP contribution in [0, 0.1) is 0 Å². The normalized spacial score (nSPS) is 17.3. The largest absolute Gasteiger partial charge is 0.506 e. The van der Waals surface area contributed by atoms with Crippen molar-refractivity contribution in [2.45, 2.75) is 12.6 Å². The van der Waals surface area contributed by atoms with Gasteiger partial charge in [0.05, 0.1) is 32.9 Å². The topological polar surface area (TPSA) is 85.3 Å². The highest BCUT2D eigenvalue weighted by Crippen LogP contribution is 2.45. The number of rotatable bonds is 7. The third-order valence-electron chi connectivity index (χ3n) is 5.50. The van der Waals surface area contributed by atoms with Crippen LogP contribution in [-0.4, -0.2) is 43.0 Å². The van der Waals surface area contributed by atoms with E-state index in [4.69, 9.17) is 14.2 Å². The lowest BCUT2D eigenvalue weighted by Gasteiger charge is -2.24. The van der Waals surface area contributed by atoms with Crippen LogP contribution in [0.5, 0.6) is 17.2 Å². The van der Waals surface area contributed by atoms with Crippen LogP contribution in [0.4, 0.5) is 0 Å². The first-order valence-electron chi connectivity index (χ1n) is 10.2. The van der Waals surface area contributed by atoms with Gasteiger partial charge >= 0.3 is 0 Å². The van der Waals surface area contributed by atoms with E-state index in [1.54, 1.807) is 25.3 Å². The van der Waals surface area contributed by atoms with E-state index in [1.807, 2.05) is 41.8 Å². The molecule has 0 radical (unpaired) electrons. The van der Waals surface area contributed by atoms with Crippen LogP contribution >= 0.6 is 11.3 Å². The molecule has 33 heavy (non-hydrogen) atoms. The van der Waals surface area contributed by atoms with Crippen molar-refractivity contribution in [3.8, 4) is 17.2 Å². The van der Waals surface area contributed by atoms with Gasteiger partial charge in [0.2, 0.25) is 0 Å². The first-order chi connectivity index (χ1) is 16.0.